The number of ether oxygens (including phenoxy) is 3. The Bertz CT molecular complexity index is 522. The summed E-state index contributed by atoms with van der Waals surface area (Å²) >= 11 is 0. The van der Waals surface area contributed by atoms with Gasteiger partial charge in [-0.2, -0.15) is 0 Å². The molecule has 126 valence electrons. The summed E-state index contributed by atoms with van der Waals surface area (Å²) in [6, 6.07) is 8.25. The van der Waals surface area contributed by atoms with Gasteiger partial charge in [0.15, 0.2) is 11.5 Å². The van der Waals surface area contributed by atoms with Crippen molar-refractivity contribution in [1.82, 2.24) is 5.32 Å². The third-order valence-corrected chi connectivity index (χ3v) is 4.46. The Morgan fingerprint density at radius 2 is 1.83 bits per heavy atom. The molecule has 0 amide bonds. The first kappa shape index (κ1) is 16.3. The minimum atomic E-state index is 0.140. The first-order chi connectivity index (χ1) is 11.3. The molecule has 0 aliphatic carbocycles. The van der Waals surface area contributed by atoms with E-state index in [0.29, 0.717) is 43.3 Å². The van der Waals surface area contributed by atoms with E-state index in [1.807, 2.05) is 31.2 Å². The zero-order valence-corrected chi connectivity index (χ0v) is 13.6. The fourth-order valence-electron chi connectivity index (χ4n) is 3.41. The molecule has 1 N–H and O–H groups in total. The van der Waals surface area contributed by atoms with Crippen LogP contribution in [0.2, 0.25) is 0 Å². The molecule has 5 nitrogen and oxygen atoms in total. The van der Waals surface area contributed by atoms with Crippen LogP contribution in [0.4, 0.5) is 0 Å². The highest BCUT2D eigenvalue weighted by atomic mass is 16.5. The molecule has 2 heterocycles. The van der Waals surface area contributed by atoms with Crippen molar-refractivity contribution in [3.8, 4) is 11.5 Å². The predicted molar refractivity (Wildman–Crippen MR) is 87.0 cm³/mol. The van der Waals surface area contributed by atoms with E-state index >= 15 is 0 Å². The molecular weight excluding hydrogens is 294 g/mol. The Kier molecular flexibility index (Phi) is 5.51. The summed E-state index contributed by atoms with van der Waals surface area (Å²) in [5.74, 6) is 1.88. The van der Waals surface area contributed by atoms with Gasteiger partial charge >= 0.3 is 0 Å². The van der Waals surface area contributed by atoms with E-state index in [1.54, 1.807) is 0 Å². The van der Waals surface area contributed by atoms with Crippen LogP contribution in [0.25, 0.3) is 0 Å². The number of rotatable bonds is 7. The quantitative estimate of drug-likeness (QED) is 0.835. The number of nitrogens with one attached hydrogen (secondary N) is 1. The number of fused-ring (bicyclic) bond motifs is 2. The lowest BCUT2D eigenvalue weighted by atomic mass is 9.83. The van der Waals surface area contributed by atoms with Crippen LogP contribution in [0.3, 0.4) is 0 Å². The van der Waals surface area contributed by atoms with Gasteiger partial charge < -0.3 is 19.5 Å². The van der Waals surface area contributed by atoms with Gasteiger partial charge in [0.05, 0.1) is 26.4 Å². The number of ketones is 1. The summed E-state index contributed by atoms with van der Waals surface area (Å²) in [7, 11) is 0. The maximum absolute atomic E-state index is 12.5. The summed E-state index contributed by atoms with van der Waals surface area (Å²) in [4.78, 5) is 12.5. The molecule has 2 bridgehead atoms. The molecule has 0 radical (unpaired) electrons. The summed E-state index contributed by atoms with van der Waals surface area (Å²) in [6.45, 7) is 4.38. The normalized spacial score (nSPS) is 26.6. The first-order valence-electron chi connectivity index (χ1n) is 8.47. The minimum absolute atomic E-state index is 0.140. The van der Waals surface area contributed by atoms with Crippen molar-refractivity contribution in [2.45, 2.75) is 38.3 Å². The number of carbonyl (C=O) groups excluding carboxylic acids is 1. The third-order valence-electron chi connectivity index (χ3n) is 4.46. The van der Waals surface area contributed by atoms with Crippen LogP contribution in [0.1, 0.15) is 26.2 Å². The van der Waals surface area contributed by atoms with Crippen LogP contribution in [-0.2, 0) is 9.53 Å². The zero-order chi connectivity index (χ0) is 16.1. The Morgan fingerprint density at radius 1 is 1.17 bits per heavy atom. The molecule has 3 rings (SSSR count). The average Bonchev–Trinajstić information content (AvgIpc) is 2.56. The third kappa shape index (κ3) is 4.24. The number of morpholine rings is 1. The fourth-order valence-corrected chi connectivity index (χ4v) is 3.41. The average molecular weight is 319 g/mol. The topological polar surface area (TPSA) is 56.8 Å². The van der Waals surface area contributed by atoms with Crippen LogP contribution in [-0.4, -0.2) is 44.3 Å². The number of hydrogen-bond donors (Lipinski definition) is 1. The molecule has 0 saturated carbocycles. The summed E-state index contributed by atoms with van der Waals surface area (Å²) in [6.07, 6.45) is 2.21. The van der Waals surface area contributed by atoms with Gasteiger partial charge in [-0.05, 0) is 31.9 Å². The van der Waals surface area contributed by atoms with Gasteiger partial charge in [0.25, 0.3) is 0 Å². The van der Waals surface area contributed by atoms with Gasteiger partial charge in [-0.3, -0.25) is 4.79 Å². The second kappa shape index (κ2) is 7.79. The van der Waals surface area contributed by atoms with Crippen LogP contribution >= 0.6 is 0 Å². The molecule has 2 unspecified atom stereocenters. The molecular formula is C18H25NO4. The van der Waals surface area contributed by atoms with Crippen molar-refractivity contribution in [3.63, 3.8) is 0 Å². The van der Waals surface area contributed by atoms with Gasteiger partial charge in [-0.25, -0.2) is 0 Å². The molecule has 2 saturated heterocycles. The minimum Gasteiger partial charge on any atom is -0.490 e. The molecule has 2 aliphatic heterocycles. The maximum Gasteiger partial charge on any atom is 0.161 e. The van der Waals surface area contributed by atoms with Crippen LogP contribution in [0.15, 0.2) is 24.3 Å². The number of carbonyl (C=O) groups is 1. The Hall–Kier alpha value is -1.59. The molecule has 2 fully saturated rings. The second-order valence-electron chi connectivity index (χ2n) is 6.21. The second-order valence-corrected chi connectivity index (χ2v) is 6.21. The number of Topliss-reactive ketones (excluding diaryl/α,β-unsaturated/α-hetero) is 1. The number of piperidine rings is 1. The van der Waals surface area contributed by atoms with Gasteiger partial charge in [-0.1, -0.05) is 12.1 Å². The van der Waals surface area contributed by atoms with Gasteiger partial charge in [0.2, 0.25) is 0 Å². The number of para-hydroxylation sites is 2. The number of benzene rings is 1. The zero-order valence-electron chi connectivity index (χ0n) is 13.6. The summed E-state index contributed by atoms with van der Waals surface area (Å²) in [5, 5.41) is 3.52. The number of hydrogen-bond acceptors (Lipinski definition) is 5. The van der Waals surface area contributed by atoms with Crippen LogP contribution in [0.5, 0.6) is 11.5 Å². The highest BCUT2D eigenvalue weighted by Crippen LogP contribution is 2.28. The molecule has 23 heavy (non-hydrogen) atoms. The van der Waals surface area contributed by atoms with E-state index in [9.17, 15) is 4.79 Å². The Morgan fingerprint density at radius 3 is 2.48 bits per heavy atom. The fraction of sp³-hybridized carbons (Fsp3) is 0.611. The molecule has 0 spiro atoms. The van der Waals surface area contributed by atoms with Crippen molar-refractivity contribution in [3.05, 3.63) is 24.3 Å². The Balaban J connectivity index is 1.48. The lowest BCUT2D eigenvalue weighted by Crippen LogP contribution is -2.55. The van der Waals surface area contributed by atoms with Crippen molar-refractivity contribution in [2.24, 2.45) is 5.92 Å². The van der Waals surface area contributed by atoms with Crippen LogP contribution < -0.4 is 14.8 Å². The van der Waals surface area contributed by atoms with Crippen molar-refractivity contribution >= 4 is 5.78 Å². The maximum atomic E-state index is 12.5. The SMILES string of the molecule is CCOc1ccccc1OCCC(=O)C1CC2COCC(C1)N2. The van der Waals surface area contributed by atoms with Gasteiger partial charge in [-0.15, -0.1) is 0 Å². The highest BCUT2D eigenvalue weighted by molar-refractivity contribution is 5.81. The van der Waals surface area contributed by atoms with Crippen molar-refractivity contribution in [2.75, 3.05) is 26.4 Å². The van der Waals surface area contributed by atoms with Crippen molar-refractivity contribution < 1.29 is 19.0 Å². The monoisotopic (exact) mass is 319 g/mol. The molecule has 1 aromatic carbocycles. The highest BCUT2D eigenvalue weighted by Gasteiger charge is 2.34. The molecule has 2 atom stereocenters. The predicted octanol–water partition coefficient (Wildman–Crippen LogP) is 2.19. The lowest BCUT2D eigenvalue weighted by Gasteiger charge is -2.39. The standard InChI is InChI=1S/C18H25NO4/c1-2-22-17-5-3-4-6-18(17)23-8-7-16(20)13-9-14-11-21-12-15(10-13)19-14/h3-6,13-15,19H,2,7-12H2,1H3. The molecule has 2 aliphatic rings. The van der Waals surface area contributed by atoms with E-state index < -0.39 is 0 Å². The van der Waals surface area contributed by atoms with E-state index in [4.69, 9.17) is 14.2 Å². The van der Waals surface area contributed by atoms with E-state index in [2.05, 4.69) is 5.32 Å². The summed E-state index contributed by atoms with van der Waals surface area (Å²) < 4.78 is 16.8. The van der Waals surface area contributed by atoms with Crippen LogP contribution in [0, 0.1) is 5.92 Å². The van der Waals surface area contributed by atoms with E-state index in [1.165, 1.54) is 0 Å². The first-order valence-corrected chi connectivity index (χ1v) is 8.47. The van der Waals surface area contributed by atoms with Gasteiger partial charge in [0, 0.05) is 24.4 Å². The van der Waals surface area contributed by atoms with Gasteiger partial charge in [0.1, 0.15) is 5.78 Å². The van der Waals surface area contributed by atoms with E-state index in [-0.39, 0.29) is 5.92 Å². The van der Waals surface area contributed by atoms with E-state index in [0.717, 1.165) is 31.8 Å². The summed E-state index contributed by atoms with van der Waals surface area (Å²) in [5.41, 5.74) is 0. The molecule has 0 aromatic heterocycles. The smallest absolute Gasteiger partial charge is 0.161 e. The lowest BCUT2D eigenvalue weighted by molar-refractivity contribution is -0.126. The van der Waals surface area contributed by atoms with Crippen molar-refractivity contribution in [1.29, 1.82) is 0 Å². The molecule has 5 heteroatoms. The Labute approximate surface area is 137 Å². The molecule has 1 aromatic rings. The largest absolute Gasteiger partial charge is 0.490 e.